The molecule has 1 aliphatic heterocycles. The van der Waals surface area contributed by atoms with Gasteiger partial charge in [-0.3, -0.25) is 4.79 Å². The maximum Gasteiger partial charge on any atom is 0.243 e. The van der Waals surface area contributed by atoms with E-state index in [4.69, 9.17) is 4.74 Å². The van der Waals surface area contributed by atoms with Gasteiger partial charge in [-0.15, -0.1) is 0 Å². The number of anilines is 1. The summed E-state index contributed by atoms with van der Waals surface area (Å²) in [6.45, 7) is 0.268. The van der Waals surface area contributed by atoms with E-state index in [1.54, 1.807) is 19.2 Å². The molecule has 0 bridgehead atoms. The van der Waals surface area contributed by atoms with Crippen molar-refractivity contribution < 1.29 is 17.9 Å². The standard InChI is InChI=1S/C28H24N2O4S/c1-30(19-20-9-3-2-4-10-20)35(32,33)22-17-15-21(16-18-22)29-28(31)27-23-11-5-7-13-25(23)34-26-14-8-6-12-24(26)27/h2-18,27H,19H2,1H3,(H,29,31). The Hall–Kier alpha value is -3.94. The molecule has 0 saturated heterocycles. The number of nitrogens with zero attached hydrogens (tertiary/aromatic N) is 1. The zero-order valence-electron chi connectivity index (χ0n) is 19.1. The SMILES string of the molecule is CN(Cc1ccccc1)S(=O)(=O)c1ccc(NC(=O)C2c3ccccc3Oc3ccccc32)cc1. The Labute approximate surface area is 204 Å². The molecule has 1 amide bonds. The highest BCUT2D eigenvalue weighted by Crippen LogP contribution is 2.44. The van der Waals surface area contributed by atoms with Crippen LogP contribution in [0.2, 0.25) is 0 Å². The van der Waals surface area contributed by atoms with E-state index in [1.807, 2.05) is 78.9 Å². The van der Waals surface area contributed by atoms with Gasteiger partial charge in [-0.2, -0.15) is 4.31 Å². The van der Waals surface area contributed by atoms with Crippen molar-refractivity contribution >= 4 is 21.6 Å². The highest BCUT2D eigenvalue weighted by molar-refractivity contribution is 7.89. The average Bonchev–Trinajstić information content (AvgIpc) is 2.88. The molecule has 1 N–H and O–H groups in total. The van der Waals surface area contributed by atoms with Crippen molar-refractivity contribution in [2.75, 3.05) is 12.4 Å². The number of amides is 1. The molecule has 0 aromatic heterocycles. The largest absolute Gasteiger partial charge is 0.457 e. The number of benzene rings is 4. The Morgan fingerprint density at radius 2 is 1.34 bits per heavy atom. The van der Waals surface area contributed by atoms with Gasteiger partial charge < -0.3 is 10.1 Å². The molecular weight excluding hydrogens is 460 g/mol. The Kier molecular flexibility index (Phi) is 6.11. The van der Waals surface area contributed by atoms with Crippen LogP contribution in [0.4, 0.5) is 5.69 Å². The molecule has 1 heterocycles. The summed E-state index contributed by atoms with van der Waals surface area (Å²) in [5, 5.41) is 2.94. The number of fused-ring (bicyclic) bond motifs is 2. The first-order chi connectivity index (χ1) is 16.9. The summed E-state index contributed by atoms with van der Waals surface area (Å²) < 4.78 is 33.3. The molecule has 176 valence electrons. The van der Waals surface area contributed by atoms with E-state index in [-0.39, 0.29) is 17.3 Å². The zero-order chi connectivity index (χ0) is 24.4. The molecule has 5 rings (SSSR count). The van der Waals surface area contributed by atoms with Crippen LogP contribution >= 0.6 is 0 Å². The number of para-hydroxylation sites is 2. The van der Waals surface area contributed by atoms with Crippen LogP contribution in [0, 0.1) is 0 Å². The number of hydrogen-bond donors (Lipinski definition) is 1. The van der Waals surface area contributed by atoms with Crippen molar-refractivity contribution in [3.8, 4) is 11.5 Å². The van der Waals surface area contributed by atoms with Gasteiger partial charge in [0, 0.05) is 30.4 Å². The van der Waals surface area contributed by atoms with E-state index in [0.29, 0.717) is 17.2 Å². The quantitative estimate of drug-likeness (QED) is 0.399. The third-order valence-corrected chi connectivity index (χ3v) is 7.84. The monoisotopic (exact) mass is 484 g/mol. The second-order valence-electron chi connectivity index (χ2n) is 8.37. The molecule has 0 atom stereocenters. The van der Waals surface area contributed by atoms with Crippen LogP contribution < -0.4 is 10.1 Å². The van der Waals surface area contributed by atoms with Crippen LogP contribution in [-0.4, -0.2) is 25.7 Å². The second kappa shape index (κ2) is 9.37. The number of nitrogens with one attached hydrogen (secondary N) is 1. The van der Waals surface area contributed by atoms with E-state index in [2.05, 4.69) is 5.32 Å². The number of sulfonamides is 1. The zero-order valence-corrected chi connectivity index (χ0v) is 19.9. The first kappa shape index (κ1) is 22.8. The van der Waals surface area contributed by atoms with E-state index < -0.39 is 15.9 Å². The molecule has 0 saturated carbocycles. The normalized spacial score (nSPS) is 13.0. The van der Waals surface area contributed by atoms with Gasteiger partial charge in [0.2, 0.25) is 15.9 Å². The molecule has 0 aliphatic carbocycles. The van der Waals surface area contributed by atoms with Crippen LogP contribution in [0.5, 0.6) is 11.5 Å². The van der Waals surface area contributed by atoms with Gasteiger partial charge in [0.15, 0.2) is 0 Å². The molecule has 7 heteroatoms. The summed E-state index contributed by atoms with van der Waals surface area (Å²) in [6.07, 6.45) is 0. The Balaban J connectivity index is 1.36. The number of carbonyl (C=O) groups is 1. The first-order valence-corrected chi connectivity index (χ1v) is 12.6. The lowest BCUT2D eigenvalue weighted by Crippen LogP contribution is -2.26. The molecule has 4 aromatic rings. The maximum atomic E-state index is 13.4. The highest BCUT2D eigenvalue weighted by atomic mass is 32.2. The summed E-state index contributed by atoms with van der Waals surface area (Å²) in [4.78, 5) is 13.6. The van der Waals surface area contributed by atoms with Crippen LogP contribution in [-0.2, 0) is 21.4 Å². The minimum atomic E-state index is -3.68. The molecule has 6 nitrogen and oxygen atoms in total. The fourth-order valence-electron chi connectivity index (χ4n) is 4.22. The molecule has 4 aromatic carbocycles. The minimum Gasteiger partial charge on any atom is -0.457 e. The van der Waals surface area contributed by atoms with Crippen LogP contribution in [0.25, 0.3) is 0 Å². The van der Waals surface area contributed by atoms with Crippen molar-refractivity contribution in [1.82, 2.24) is 4.31 Å². The van der Waals surface area contributed by atoms with Crippen molar-refractivity contribution in [3.05, 3.63) is 120 Å². The van der Waals surface area contributed by atoms with Gasteiger partial charge >= 0.3 is 0 Å². The van der Waals surface area contributed by atoms with E-state index >= 15 is 0 Å². The van der Waals surface area contributed by atoms with Crippen molar-refractivity contribution in [2.24, 2.45) is 0 Å². The summed E-state index contributed by atoms with van der Waals surface area (Å²) in [5.74, 6) is 0.532. The molecule has 0 unspecified atom stereocenters. The molecule has 0 radical (unpaired) electrons. The fraction of sp³-hybridized carbons (Fsp3) is 0.107. The fourth-order valence-corrected chi connectivity index (χ4v) is 5.38. The minimum absolute atomic E-state index is 0.163. The Bertz CT molecular complexity index is 1420. The highest BCUT2D eigenvalue weighted by Gasteiger charge is 2.32. The maximum absolute atomic E-state index is 13.4. The molecule has 1 aliphatic rings. The smallest absolute Gasteiger partial charge is 0.243 e. The number of hydrogen-bond acceptors (Lipinski definition) is 4. The number of carbonyl (C=O) groups excluding carboxylic acids is 1. The lowest BCUT2D eigenvalue weighted by Gasteiger charge is -2.27. The van der Waals surface area contributed by atoms with Gasteiger partial charge in [0.25, 0.3) is 0 Å². The summed E-state index contributed by atoms with van der Waals surface area (Å²) in [7, 11) is -2.13. The van der Waals surface area contributed by atoms with Crippen molar-refractivity contribution in [1.29, 1.82) is 0 Å². The summed E-state index contributed by atoms with van der Waals surface area (Å²) in [5.41, 5.74) is 2.98. The first-order valence-electron chi connectivity index (χ1n) is 11.2. The van der Waals surface area contributed by atoms with Crippen molar-refractivity contribution in [2.45, 2.75) is 17.4 Å². The van der Waals surface area contributed by atoms with Crippen LogP contribution in [0.1, 0.15) is 22.6 Å². The Morgan fingerprint density at radius 3 is 1.94 bits per heavy atom. The number of ether oxygens (including phenoxy) is 1. The lowest BCUT2D eigenvalue weighted by atomic mass is 9.87. The summed E-state index contributed by atoms with van der Waals surface area (Å²) >= 11 is 0. The van der Waals surface area contributed by atoms with E-state index in [0.717, 1.165) is 16.7 Å². The van der Waals surface area contributed by atoms with Crippen LogP contribution in [0.15, 0.2) is 108 Å². The van der Waals surface area contributed by atoms with Gasteiger partial charge in [0.1, 0.15) is 11.5 Å². The molecule has 35 heavy (non-hydrogen) atoms. The Morgan fingerprint density at radius 1 is 0.800 bits per heavy atom. The molecule has 0 spiro atoms. The summed E-state index contributed by atoms with van der Waals surface area (Å²) in [6, 6.07) is 30.6. The lowest BCUT2D eigenvalue weighted by molar-refractivity contribution is -0.116. The van der Waals surface area contributed by atoms with Gasteiger partial charge in [-0.1, -0.05) is 66.7 Å². The van der Waals surface area contributed by atoms with Gasteiger partial charge in [-0.05, 0) is 42.0 Å². The third-order valence-electron chi connectivity index (χ3n) is 6.02. The van der Waals surface area contributed by atoms with E-state index in [1.165, 1.54) is 16.4 Å². The van der Waals surface area contributed by atoms with Crippen molar-refractivity contribution in [3.63, 3.8) is 0 Å². The van der Waals surface area contributed by atoms with E-state index in [9.17, 15) is 13.2 Å². The predicted octanol–water partition coefficient (Wildman–Crippen LogP) is 5.38. The van der Waals surface area contributed by atoms with Gasteiger partial charge in [-0.25, -0.2) is 8.42 Å². The third kappa shape index (κ3) is 4.56. The molecule has 0 fully saturated rings. The predicted molar refractivity (Wildman–Crippen MR) is 135 cm³/mol. The molecular formula is C28H24N2O4S. The second-order valence-corrected chi connectivity index (χ2v) is 10.4. The van der Waals surface area contributed by atoms with Crippen LogP contribution in [0.3, 0.4) is 0 Å². The van der Waals surface area contributed by atoms with Gasteiger partial charge in [0.05, 0.1) is 10.8 Å². The number of rotatable bonds is 6. The average molecular weight is 485 g/mol. The topological polar surface area (TPSA) is 75.7 Å².